The maximum absolute atomic E-state index is 11.3. The molecule has 4 aromatic rings. The van der Waals surface area contributed by atoms with Crippen LogP contribution in [0, 0.1) is 13.8 Å². The van der Waals surface area contributed by atoms with E-state index in [1.807, 2.05) is 24.3 Å². The van der Waals surface area contributed by atoms with Gasteiger partial charge in [-0.3, -0.25) is 0 Å². The fourth-order valence-electron chi connectivity index (χ4n) is 4.21. The van der Waals surface area contributed by atoms with Gasteiger partial charge in [-0.2, -0.15) is 0 Å². The third kappa shape index (κ3) is 4.97. The Hall–Kier alpha value is -3.64. The summed E-state index contributed by atoms with van der Waals surface area (Å²) in [5, 5.41) is 19.7. The van der Waals surface area contributed by atoms with E-state index in [0.29, 0.717) is 5.36 Å². The molecule has 6 heteroatoms. The maximum Gasteiger partial charge on any atom is 0.347 e. The minimum absolute atomic E-state index is 0.667. The summed E-state index contributed by atoms with van der Waals surface area (Å²) >= 11 is 0. The van der Waals surface area contributed by atoms with Crippen LogP contribution in [0.5, 0.6) is 0 Å². The van der Waals surface area contributed by atoms with E-state index in [9.17, 15) is 9.90 Å². The van der Waals surface area contributed by atoms with Gasteiger partial charge in [0.15, 0.2) is 0 Å². The third-order valence-corrected chi connectivity index (χ3v) is 6.23. The molecule has 6 nitrogen and oxygen atoms in total. The van der Waals surface area contributed by atoms with Crippen molar-refractivity contribution in [1.82, 2.24) is 9.88 Å². The van der Waals surface area contributed by atoms with E-state index in [-0.39, 0.29) is 0 Å². The van der Waals surface area contributed by atoms with E-state index in [2.05, 4.69) is 71.4 Å². The zero-order chi connectivity index (χ0) is 24.1. The maximum atomic E-state index is 11.3. The summed E-state index contributed by atoms with van der Waals surface area (Å²) < 4.78 is 2.36. The molecule has 34 heavy (non-hydrogen) atoms. The van der Waals surface area contributed by atoms with Gasteiger partial charge in [0, 0.05) is 23.9 Å². The Morgan fingerprint density at radius 1 is 1.03 bits per heavy atom. The number of aromatic nitrogens is 1. The highest BCUT2D eigenvalue weighted by atomic mass is 16.6. The Kier molecular flexibility index (Phi) is 7.28. The van der Waals surface area contributed by atoms with Crippen LogP contribution in [0.3, 0.4) is 0 Å². The Morgan fingerprint density at radius 2 is 1.76 bits per heavy atom. The molecule has 1 atom stereocenters. The predicted molar refractivity (Wildman–Crippen MR) is 135 cm³/mol. The number of pyridine rings is 1. The Labute approximate surface area is 199 Å². The van der Waals surface area contributed by atoms with Crippen molar-refractivity contribution < 1.29 is 14.7 Å². The van der Waals surface area contributed by atoms with Crippen LogP contribution in [0.2, 0.25) is 0 Å². The molecule has 0 aliphatic carbocycles. The van der Waals surface area contributed by atoms with Crippen LogP contribution >= 0.6 is 0 Å². The van der Waals surface area contributed by atoms with Gasteiger partial charge in [-0.25, -0.2) is 4.79 Å². The molecule has 0 radical (unpaired) electrons. The van der Waals surface area contributed by atoms with E-state index < -0.39 is 12.1 Å². The minimum Gasteiger partial charge on any atom is -0.478 e. The molecule has 1 heterocycles. The molecular formula is C28H31N3O3. The summed E-state index contributed by atoms with van der Waals surface area (Å²) in [6.45, 7) is 8.31. The molecule has 0 aliphatic heterocycles. The van der Waals surface area contributed by atoms with Gasteiger partial charge in [0.25, 0.3) is 0 Å². The van der Waals surface area contributed by atoms with E-state index in [4.69, 9.17) is 4.84 Å². The molecule has 0 fully saturated rings. The van der Waals surface area contributed by atoms with Crippen molar-refractivity contribution in [2.75, 3.05) is 6.54 Å². The van der Waals surface area contributed by atoms with Gasteiger partial charge < -0.3 is 19.8 Å². The molecule has 3 aromatic carbocycles. The van der Waals surface area contributed by atoms with Crippen molar-refractivity contribution in [3.63, 3.8) is 0 Å². The number of carboxylic acid groups (broad SMARTS) is 1. The van der Waals surface area contributed by atoms with Crippen LogP contribution < -0.4 is 10.7 Å². The molecule has 176 valence electrons. The summed E-state index contributed by atoms with van der Waals surface area (Å²) in [5.74, 6) is -1.04. The summed E-state index contributed by atoms with van der Waals surface area (Å²) in [7, 11) is 0. The van der Waals surface area contributed by atoms with E-state index in [0.717, 1.165) is 47.9 Å². The summed E-state index contributed by atoms with van der Waals surface area (Å²) in [5.41, 5.74) is 5.82. The number of aliphatic carboxylic acids is 1. The summed E-state index contributed by atoms with van der Waals surface area (Å²) in [6, 6.07) is 22.6. The van der Waals surface area contributed by atoms with Crippen LogP contribution in [0.25, 0.3) is 21.8 Å². The highest BCUT2D eigenvalue weighted by molar-refractivity contribution is 5.95. The molecule has 4 rings (SSSR count). The number of nitrogens with one attached hydrogen (secondary N) is 1. The number of fused-ring (bicyclic) bond motifs is 2. The molecule has 0 saturated heterocycles. The number of aryl methyl sites for hydroxylation is 3. The van der Waals surface area contributed by atoms with Crippen molar-refractivity contribution in [3.05, 3.63) is 88.8 Å². The molecule has 2 N–H and O–H groups in total. The van der Waals surface area contributed by atoms with Gasteiger partial charge in [-0.15, -0.1) is 0 Å². The van der Waals surface area contributed by atoms with Gasteiger partial charge in [0.2, 0.25) is 6.10 Å². The van der Waals surface area contributed by atoms with Crippen molar-refractivity contribution in [2.24, 2.45) is 5.16 Å². The highest BCUT2D eigenvalue weighted by Gasteiger charge is 2.15. The highest BCUT2D eigenvalue weighted by Crippen LogP contribution is 2.25. The van der Waals surface area contributed by atoms with Crippen molar-refractivity contribution in [1.29, 1.82) is 0 Å². The van der Waals surface area contributed by atoms with Crippen molar-refractivity contribution in [3.8, 4) is 0 Å². The average Bonchev–Trinajstić information content (AvgIpc) is 2.85. The lowest BCUT2D eigenvalue weighted by Gasteiger charge is -2.19. The van der Waals surface area contributed by atoms with Gasteiger partial charge >= 0.3 is 5.97 Å². The van der Waals surface area contributed by atoms with Crippen molar-refractivity contribution in [2.45, 2.75) is 46.4 Å². The van der Waals surface area contributed by atoms with E-state index in [1.54, 1.807) is 0 Å². The first kappa shape index (κ1) is 23.5. The van der Waals surface area contributed by atoms with Gasteiger partial charge in [0.1, 0.15) is 5.36 Å². The fourth-order valence-corrected chi connectivity index (χ4v) is 4.21. The SMILES string of the molecule is Cc1ccc2/c(=N/OC(C)C(=O)O)c3ccccc3n(CCCNCc3ccccc3)c2c1C. The molecule has 0 aliphatic rings. The second kappa shape index (κ2) is 10.5. The van der Waals surface area contributed by atoms with Gasteiger partial charge in [-0.05, 0) is 56.5 Å². The minimum atomic E-state index is -1.04. The largest absolute Gasteiger partial charge is 0.478 e. The normalized spacial score (nSPS) is 12.9. The van der Waals surface area contributed by atoms with Crippen LogP contribution in [-0.2, 0) is 22.7 Å². The zero-order valence-electron chi connectivity index (χ0n) is 19.9. The number of nitrogens with zero attached hydrogens (tertiary/aromatic N) is 2. The summed E-state index contributed by atoms with van der Waals surface area (Å²) in [6.07, 6.45) is -0.0594. The average molecular weight is 458 g/mol. The number of carboxylic acids is 1. The third-order valence-electron chi connectivity index (χ3n) is 6.23. The van der Waals surface area contributed by atoms with Crippen molar-refractivity contribution >= 4 is 27.8 Å². The lowest BCUT2D eigenvalue weighted by atomic mass is 10.0. The van der Waals surface area contributed by atoms with Crippen LogP contribution in [0.1, 0.15) is 30.0 Å². The number of hydrogen-bond donors (Lipinski definition) is 2. The predicted octanol–water partition coefficient (Wildman–Crippen LogP) is 4.90. The van der Waals surface area contributed by atoms with E-state index >= 15 is 0 Å². The lowest BCUT2D eigenvalue weighted by Crippen LogP contribution is -2.21. The first-order valence-electron chi connectivity index (χ1n) is 11.7. The number of para-hydroxylation sites is 1. The molecule has 1 unspecified atom stereocenters. The van der Waals surface area contributed by atoms with Gasteiger partial charge in [-0.1, -0.05) is 65.8 Å². The molecule has 0 bridgehead atoms. The van der Waals surface area contributed by atoms with Gasteiger partial charge in [0.05, 0.1) is 11.0 Å². The topological polar surface area (TPSA) is 75.8 Å². The zero-order valence-corrected chi connectivity index (χ0v) is 19.9. The summed E-state index contributed by atoms with van der Waals surface area (Å²) in [4.78, 5) is 16.6. The lowest BCUT2D eigenvalue weighted by molar-refractivity contribution is -0.149. The number of hydrogen-bond acceptors (Lipinski definition) is 4. The number of carbonyl (C=O) groups is 1. The fraction of sp³-hybridized carbons (Fsp3) is 0.286. The molecule has 0 amide bonds. The standard InChI is InChI=1S/C28H31N3O3/c1-19-14-15-24-26(30-34-21(3)28(32)33)23-12-7-8-13-25(23)31(27(24)20(19)2)17-9-16-29-18-22-10-5-4-6-11-22/h4-8,10-15,21,29H,9,16-18H2,1-3H3,(H,32,33)/b30-26+. The van der Waals surface area contributed by atoms with Crippen LogP contribution in [-0.4, -0.2) is 28.3 Å². The number of rotatable bonds is 9. The van der Waals surface area contributed by atoms with E-state index in [1.165, 1.54) is 23.6 Å². The van der Waals surface area contributed by atoms with Crippen LogP contribution in [0.4, 0.5) is 0 Å². The number of benzene rings is 3. The smallest absolute Gasteiger partial charge is 0.347 e. The quantitative estimate of drug-likeness (QED) is 0.213. The Bertz CT molecular complexity index is 1380. The first-order valence-corrected chi connectivity index (χ1v) is 11.7. The Morgan fingerprint density at radius 3 is 2.53 bits per heavy atom. The first-order chi connectivity index (χ1) is 16.5. The molecular weight excluding hydrogens is 426 g/mol. The second-order valence-corrected chi connectivity index (χ2v) is 8.61. The molecule has 0 saturated carbocycles. The molecule has 0 spiro atoms. The van der Waals surface area contributed by atoms with Crippen LogP contribution in [0.15, 0.2) is 71.9 Å². The molecule has 1 aromatic heterocycles. The Balaban J connectivity index is 1.72. The second-order valence-electron chi connectivity index (χ2n) is 8.61. The monoisotopic (exact) mass is 457 g/mol.